The molecule has 0 fully saturated rings. The number of rotatable bonds is 19. The summed E-state index contributed by atoms with van der Waals surface area (Å²) in [7, 11) is 0. The van der Waals surface area contributed by atoms with Crippen molar-refractivity contribution in [3.05, 3.63) is 0 Å². The van der Waals surface area contributed by atoms with Crippen molar-refractivity contribution >= 4 is 23.6 Å². The fraction of sp³-hybridized carbons (Fsp3) is 0.826. The number of hydroxylamine groups is 3. The Hall–Kier alpha value is -2.28. The molecule has 0 aromatic carbocycles. The Balaban J connectivity index is 5.22. The lowest BCUT2D eigenvalue weighted by Gasteiger charge is -2.38. The van der Waals surface area contributed by atoms with Crippen molar-refractivity contribution in [1.29, 1.82) is 0 Å². The second kappa shape index (κ2) is 18.1. The molecule has 12 nitrogen and oxygen atoms in total. The highest BCUT2D eigenvalue weighted by Crippen LogP contribution is 2.36. The molecule has 2 atom stereocenters. The number of primary amides is 1. The SMILES string of the molecule is CCCCCC(CC(N)=O)(C(=O)N(O)NC(=O)CCC(=O)N(O)CCCCCN)C(N)CCCC. The van der Waals surface area contributed by atoms with Crippen molar-refractivity contribution < 1.29 is 29.6 Å². The molecule has 0 aromatic heterocycles. The molecule has 0 aliphatic carbocycles. The lowest BCUT2D eigenvalue weighted by atomic mass is 9.71. The Labute approximate surface area is 208 Å². The van der Waals surface area contributed by atoms with Gasteiger partial charge in [0.15, 0.2) is 0 Å². The fourth-order valence-electron chi connectivity index (χ4n) is 3.94. The van der Waals surface area contributed by atoms with Crippen molar-refractivity contribution in [2.45, 2.75) is 103 Å². The summed E-state index contributed by atoms with van der Waals surface area (Å²) >= 11 is 0. The minimum atomic E-state index is -1.47. The lowest BCUT2D eigenvalue weighted by Crippen LogP contribution is -2.58. The van der Waals surface area contributed by atoms with Gasteiger partial charge in [-0.3, -0.25) is 29.6 Å². The second-order valence-corrected chi connectivity index (χ2v) is 9.02. The summed E-state index contributed by atoms with van der Waals surface area (Å²) in [6.07, 6.45) is 5.50. The Morgan fingerprint density at radius 3 is 2.17 bits per heavy atom. The maximum Gasteiger partial charge on any atom is 0.274 e. The van der Waals surface area contributed by atoms with E-state index in [9.17, 15) is 29.6 Å². The second-order valence-electron chi connectivity index (χ2n) is 9.02. The monoisotopic (exact) mass is 502 g/mol. The van der Waals surface area contributed by atoms with Gasteiger partial charge in [0.25, 0.3) is 5.91 Å². The molecular weight excluding hydrogens is 456 g/mol. The molecule has 0 saturated heterocycles. The topological polar surface area (TPSA) is 205 Å². The smallest absolute Gasteiger partial charge is 0.274 e. The van der Waals surface area contributed by atoms with Gasteiger partial charge in [0.2, 0.25) is 17.7 Å². The summed E-state index contributed by atoms with van der Waals surface area (Å²) in [6.45, 7) is 4.60. The van der Waals surface area contributed by atoms with E-state index >= 15 is 0 Å². The van der Waals surface area contributed by atoms with Gasteiger partial charge in [-0.1, -0.05) is 52.4 Å². The normalized spacial score (nSPS) is 13.5. The molecule has 4 amide bonds. The number of carbonyl (C=O) groups is 4. The highest BCUT2D eigenvalue weighted by molar-refractivity contribution is 5.90. The average molecular weight is 503 g/mol. The van der Waals surface area contributed by atoms with Crippen molar-refractivity contribution in [2.24, 2.45) is 22.6 Å². The summed E-state index contributed by atoms with van der Waals surface area (Å²) in [6, 6.07) is -0.755. The van der Waals surface area contributed by atoms with Gasteiger partial charge in [-0.15, -0.1) is 5.17 Å². The first-order valence-corrected chi connectivity index (χ1v) is 12.6. The third-order valence-electron chi connectivity index (χ3n) is 6.07. The Kier molecular flexibility index (Phi) is 16.9. The van der Waals surface area contributed by atoms with Crippen LogP contribution >= 0.6 is 0 Å². The third kappa shape index (κ3) is 12.3. The quantitative estimate of drug-likeness (QED) is 0.0860. The highest BCUT2D eigenvalue weighted by Gasteiger charge is 2.47. The van der Waals surface area contributed by atoms with Gasteiger partial charge in [0.05, 0.1) is 5.41 Å². The first-order chi connectivity index (χ1) is 16.5. The van der Waals surface area contributed by atoms with E-state index in [1.807, 2.05) is 19.3 Å². The van der Waals surface area contributed by atoms with Crippen LogP contribution in [-0.2, 0) is 19.2 Å². The molecule has 0 aromatic rings. The number of carbonyl (C=O) groups excluding carboxylic acids is 4. The van der Waals surface area contributed by atoms with Crippen LogP contribution in [0, 0.1) is 5.41 Å². The van der Waals surface area contributed by atoms with Gasteiger partial charge in [-0.05, 0) is 32.2 Å². The van der Waals surface area contributed by atoms with E-state index in [1.54, 1.807) is 0 Å². The van der Waals surface area contributed by atoms with E-state index in [1.165, 1.54) is 0 Å². The van der Waals surface area contributed by atoms with Crippen LogP contribution in [0.2, 0.25) is 0 Å². The first kappa shape index (κ1) is 32.7. The molecule has 0 saturated carbocycles. The molecule has 204 valence electrons. The molecule has 9 N–H and O–H groups in total. The molecule has 0 aliphatic heterocycles. The van der Waals surface area contributed by atoms with Crippen LogP contribution in [0.5, 0.6) is 0 Å². The van der Waals surface area contributed by atoms with Gasteiger partial charge in [-0.25, -0.2) is 10.5 Å². The number of hydrogen-bond donors (Lipinski definition) is 6. The molecule has 0 rings (SSSR count). The summed E-state index contributed by atoms with van der Waals surface area (Å²) in [4.78, 5) is 49.5. The number of hydrogen-bond acceptors (Lipinski definition) is 8. The van der Waals surface area contributed by atoms with Crippen molar-refractivity contribution in [1.82, 2.24) is 15.7 Å². The summed E-state index contributed by atoms with van der Waals surface area (Å²) in [5.74, 6) is -3.12. The first-order valence-electron chi connectivity index (χ1n) is 12.6. The minimum Gasteiger partial charge on any atom is -0.370 e. The number of nitrogens with zero attached hydrogens (tertiary/aromatic N) is 2. The largest absolute Gasteiger partial charge is 0.370 e. The van der Waals surface area contributed by atoms with Crippen LogP contribution in [0.1, 0.15) is 97.3 Å². The van der Waals surface area contributed by atoms with Crippen molar-refractivity contribution in [3.63, 3.8) is 0 Å². The average Bonchev–Trinajstić information content (AvgIpc) is 2.82. The van der Waals surface area contributed by atoms with Crippen LogP contribution in [0.3, 0.4) is 0 Å². The highest BCUT2D eigenvalue weighted by atomic mass is 16.6. The Morgan fingerprint density at radius 1 is 0.943 bits per heavy atom. The summed E-state index contributed by atoms with van der Waals surface area (Å²) < 4.78 is 0. The van der Waals surface area contributed by atoms with E-state index in [0.29, 0.717) is 37.3 Å². The maximum atomic E-state index is 13.3. The van der Waals surface area contributed by atoms with Crippen LogP contribution in [0.15, 0.2) is 0 Å². The van der Waals surface area contributed by atoms with E-state index in [-0.39, 0.29) is 37.4 Å². The molecule has 12 heteroatoms. The molecule has 0 aliphatic rings. The van der Waals surface area contributed by atoms with E-state index in [0.717, 1.165) is 32.1 Å². The molecule has 0 heterocycles. The zero-order valence-electron chi connectivity index (χ0n) is 21.3. The molecule has 0 bridgehead atoms. The molecule has 35 heavy (non-hydrogen) atoms. The van der Waals surface area contributed by atoms with Crippen molar-refractivity contribution in [2.75, 3.05) is 13.1 Å². The zero-order chi connectivity index (χ0) is 26.9. The zero-order valence-corrected chi connectivity index (χ0v) is 21.3. The van der Waals surface area contributed by atoms with Crippen LogP contribution < -0.4 is 22.6 Å². The van der Waals surface area contributed by atoms with Gasteiger partial charge >= 0.3 is 0 Å². The third-order valence-corrected chi connectivity index (χ3v) is 6.07. The van der Waals surface area contributed by atoms with Gasteiger partial charge in [-0.2, -0.15) is 0 Å². The van der Waals surface area contributed by atoms with Gasteiger partial charge in [0.1, 0.15) is 0 Å². The van der Waals surface area contributed by atoms with Crippen LogP contribution in [0.25, 0.3) is 0 Å². The molecule has 2 unspecified atom stereocenters. The predicted octanol–water partition coefficient (Wildman–Crippen LogP) is 1.32. The van der Waals surface area contributed by atoms with Crippen LogP contribution in [0.4, 0.5) is 0 Å². The number of nitrogens with one attached hydrogen (secondary N) is 1. The Morgan fingerprint density at radius 2 is 1.60 bits per heavy atom. The van der Waals surface area contributed by atoms with E-state index in [4.69, 9.17) is 17.2 Å². The number of unbranched alkanes of at least 4 members (excludes halogenated alkanes) is 5. The van der Waals surface area contributed by atoms with Gasteiger partial charge in [0, 0.05) is 31.8 Å². The minimum absolute atomic E-state index is 0.0526. The van der Waals surface area contributed by atoms with Crippen LogP contribution in [-0.4, -0.2) is 63.4 Å². The number of nitrogens with two attached hydrogens (primary N) is 3. The molecule has 0 spiro atoms. The van der Waals surface area contributed by atoms with Crippen molar-refractivity contribution in [3.8, 4) is 0 Å². The van der Waals surface area contributed by atoms with E-state index in [2.05, 4.69) is 0 Å². The maximum absolute atomic E-state index is 13.3. The Bertz CT molecular complexity index is 664. The lowest BCUT2D eigenvalue weighted by molar-refractivity contribution is -0.197. The number of amides is 4. The fourth-order valence-corrected chi connectivity index (χ4v) is 3.94. The standard InChI is InChI=1S/C23H46N6O6/c1-3-5-8-14-23(17-19(26)30,18(25)11-6-4-2)22(33)29(35)27-20(31)12-13-21(32)28(34)16-10-7-9-15-24/h18,34-35H,3-17,24-25H2,1-2H3,(H2,26,30)(H,27,31). The summed E-state index contributed by atoms with van der Waals surface area (Å²) in [5, 5.41) is 20.8. The summed E-state index contributed by atoms with van der Waals surface area (Å²) in [5.41, 5.74) is 17.8. The predicted molar refractivity (Wildman–Crippen MR) is 130 cm³/mol. The van der Waals surface area contributed by atoms with Gasteiger partial charge < -0.3 is 17.2 Å². The molecular formula is C23H46N6O6. The number of hydrazine groups is 1. The molecule has 0 radical (unpaired) electrons. The van der Waals surface area contributed by atoms with E-state index < -0.39 is 35.1 Å².